The largest absolute Gasteiger partial charge is 0.240 e. The molecule has 0 bridgehead atoms. The fourth-order valence-corrected chi connectivity index (χ4v) is 5.06. The van der Waals surface area contributed by atoms with Crippen molar-refractivity contribution in [1.82, 2.24) is 14.8 Å². The van der Waals surface area contributed by atoms with Gasteiger partial charge in [0, 0.05) is 17.3 Å². The average molecular weight is 455 g/mol. The first-order valence-electron chi connectivity index (χ1n) is 10.9. The van der Waals surface area contributed by atoms with E-state index in [1.807, 2.05) is 89.8 Å². The van der Waals surface area contributed by atoms with Gasteiger partial charge in [-0.3, -0.25) is 0 Å². The molecule has 0 radical (unpaired) electrons. The highest BCUT2D eigenvalue weighted by Gasteiger charge is 2.16. The number of benzene rings is 4. The van der Waals surface area contributed by atoms with E-state index in [0.29, 0.717) is 10.6 Å². The van der Waals surface area contributed by atoms with Crippen molar-refractivity contribution in [3.05, 3.63) is 114 Å². The number of thiazole rings is 1. The summed E-state index contributed by atoms with van der Waals surface area (Å²) in [5.74, 6) is 0. The molecule has 0 spiro atoms. The SMILES string of the molecule is N#C/C(=C\c1cn(-c2ccccc2)nc1-c1cccc2ccccc12)c1nc2ccccc2s1. The van der Waals surface area contributed by atoms with Gasteiger partial charge in [0.15, 0.2) is 0 Å². The van der Waals surface area contributed by atoms with Gasteiger partial charge in [-0.05, 0) is 41.1 Å². The van der Waals surface area contributed by atoms with Crippen molar-refractivity contribution in [2.24, 2.45) is 0 Å². The first kappa shape index (κ1) is 20.1. The summed E-state index contributed by atoms with van der Waals surface area (Å²) in [7, 11) is 0. The van der Waals surface area contributed by atoms with E-state index in [9.17, 15) is 5.26 Å². The van der Waals surface area contributed by atoms with Crippen molar-refractivity contribution in [2.75, 3.05) is 0 Å². The number of hydrogen-bond acceptors (Lipinski definition) is 4. The van der Waals surface area contributed by atoms with Gasteiger partial charge >= 0.3 is 0 Å². The minimum atomic E-state index is 0.523. The highest BCUT2D eigenvalue weighted by atomic mass is 32.1. The zero-order valence-electron chi connectivity index (χ0n) is 18.1. The fraction of sp³-hybridized carbons (Fsp3) is 0. The lowest BCUT2D eigenvalue weighted by Gasteiger charge is -2.05. The van der Waals surface area contributed by atoms with Gasteiger partial charge in [-0.2, -0.15) is 10.4 Å². The van der Waals surface area contributed by atoms with Crippen LogP contribution in [0.2, 0.25) is 0 Å². The van der Waals surface area contributed by atoms with Gasteiger partial charge in [0.1, 0.15) is 16.8 Å². The fourth-order valence-electron chi connectivity index (χ4n) is 4.13. The topological polar surface area (TPSA) is 54.5 Å². The van der Waals surface area contributed by atoms with Crippen molar-refractivity contribution in [2.45, 2.75) is 0 Å². The number of fused-ring (bicyclic) bond motifs is 2. The molecular weight excluding hydrogens is 436 g/mol. The molecule has 0 saturated carbocycles. The summed E-state index contributed by atoms with van der Waals surface area (Å²) in [6.07, 6.45) is 3.89. The predicted octanol–water partition coefficient (Wildman–Crippen LogP) is 7.37. The van der Waals surface area contributed by atoms with Crippen LogP contribution in [0.1, 0.15) is 10.6 Å². The number of allylic oxidation sites excluding steroid dienone is 1. The summed E-state index contributed by atoms with van der Waals surface area (Å²) >= 11 is 1.53. The lowest BCUT2D eigenvalue weighted by Crippen LogP contribution is -1.94. The van der Waals surface area contributed by atoms with Crippen molar-refractivity contribution >= 4 is 44.0 Å². The average Bonchev–Trinajstić information content (AvgIpc) is 3.52. The summed E-state index contributed by atoms with van der Waals surface area (Å²) in [5, 5.41) is 18.0. The second kappa shape index (κ2) is 8.43. The summed E-state index contributed by atoms with van der Waals surface area (Å²) in [6.45, 7) is 0. The maximum Gasteiger partial charge on any atom is 0.135 e. The molecule has 4 nitrogen and oxygen atoms in total. The second-order valence-corrected chi connectivity index (χ2v) is 8.93. The van der Waals surface area contributed by atoms with Gasteiger partial charge in [-0.25, -0.2) is 9.67 Å². The number of para-hydroxylation sites is 2. The minimum Gasteiger partial charge on any atom is -0.240 e. The Morgan fingerprint density at radius 1 is 0.853 bits per heavy atom. The van der Waals surface area contributed by atoms with E-state index in [2.05, 4.69) is 30.3 Å². The maximum absolute atomic E-state index is 10.0. The Hall–Kier alpha value is -4.53. The van der Waals surface area contributed by atoms with E-state index in [4.69, 9.17) is 10.1 Å². The van der Waals surface area contributed by atoms with Gasteiger partial charge in [-0.15, -0.1) is 11.3 Å². The Morgan fingerprint density at radius 2 is 1.62 bits per heavy atom. The van der Waals surface area contributed by atoms with Crippen molar-refractivity contribution in [1.29, 1.82) is 5.26 Å². The number of nitrogens with zero attached hydrogens (tertiary/aromatic N) is 4. The summed E-state index contributed by atoms with van der Waals surface area (Å²) < 4.78 is 2.93. The molecule has 0 aliphatic carbocycles. The zero-order chi connectivity index (χ0) is 22.9. The van der Waals surface area contributed by atoms with Crippen LogP contribution in [0, 0.1) is 11.3 Å². The van der Waals surface area contributed by atoms with Gasteiger partial charge in [0.25, 0.3) is 0 Å². The van der Waals surface area contributed by atoms with E-state index in [0.717, 1.165) is 43.5 Å². The zero-order valence-corrected chi connectivity index (χ0v) is 18.9. The smallest absolute Gasteiger partial charge is 0.135 e. The number of rotatable bonds is 4. The minimum absolute atomic E-state index is 0.523. The molecule has 0 aliphatic rings. The molecule has 0 N–H and O–H groups in total. The lowest BCUT2D eigenvalue weighted by atomic mass is 9.99. The predicted molar refractivity (Wildman–Crippen MR) is 140 cm³/mol. The number of nitriles is 1. The molecule has 160 valence electrons. The van der Waals surface area contributed by atoms with Crippen LogP contribution >= 0.6 is 11.3 Å². The van der Waals surface area contributed by atoms with Crippen molar-refractivity contribution in [3.8, 4) is 23.0 Å². The Balaban J connectivity index is 1.57. The molecule has 0 fully saturated rings. The highest BCUT2D eigenvalue weighted by molar-refractivity contribution is 7.19. The standard InChI is InChI=1S/C29H18N4S/c30-18-21(29-31-26-15-6-7-16-27(26)34-29)17-22-19-33(23-11-2-1-3-12-23)32-28(22)25-14-8-10-20-9-4-5-13-24(20)25/h1-17,19H/b21-17+. The van der Waals surface area contributed by atoms with Crippen LogP contribution in [-0.2, 0) is 0 Å². The maximum atomic E-state index is 10.0. The molecule has 0 unspecified atom stereocenters. The Morgan fingerprint density at radius 3 is 2.47 bits per heavy atom. The first-order valence-corrected chi connectivity index (χ1v) is 11.7. The van der Waals surface area contributed by atoms with Crippen LogP contribution in [0.4, 0.5) is 0 Å². The van der Waals surface area contributed by atoms with Crippen molar-refractivity contribution in [3.63, 3.8) is 0 Å². The van der Waals surface area contributed by atoms with Crippen LogP contribution in [-0.4, -0.2) is 14.8 Å². The van der Waals surface area contributed by atoms with E-state index in [1.54, 1.807) is 0 Å². The third-order valence-corrected chi connectivity index (χ3v) is 6.82. The molecule has 5 heteroatoms. The van der Waals surface area contributed by atoms with Gasteiger partial charge < -0.3 is 0 Å². The Bertz CT molecular complexity index is 1680. The van der Waals surface area contributed by atoms with Crippen LogP contribution < -0.4 is 0 Å². The van der Waals surface area contributed by atoms with Gasteiger partial charge in [0.05, 0.1) is 21.5 Å². The number of aromatic nitrogens is 3. The molecule has 0 saturated heterocycles. The van der Waals surface area contributed by atoms with Crippen LogP contribution in [0.3, 0.4) is 0 Å². The molecule has 0 amide bonds. The molecule has 4 aromatic carbocycles. The van der Waals surface area contributed by atoms with Crippen LogP contribution in [0.5, 0.6) is 0 Å². The second-order valence-electron chi connectivity index (χ2n) is 7.90. The van der Waals surface area contributed by atoms with E-state index in [1.165, 1.54) is 11.3 Å². The number of hydrogen-bond donors (Lipinski definition) is 0. The van der Waals surface area contributed by atoms with E-state index in [-0.39, 0.29) is 0 Å². The van der Waals surface area contributed by atoms with E-state index >= 15 is 0 Å². The summed E-state index contributed by atoms with van der Waals surface area (Å²) in [4.78, 5) is 4.70. The third kappa shape index (κ3) is 3.57. The quantitative estimate of drug-likeness (QED) is 0.261. The molecule has 34 heavy (non-hydrogen) atoms. The normalized spacial score (nSPS) is 11.7. The summed E-state index contributed by atoms with van der Waals surface area (Å²) in [6, 6.07) is 34.8. The van der Waals surface area contributed by atoms with Crippen molar-refractivity contribution < 1.29 is 0 Å². The Labute approximate surface area is 200 Å². The lowest BCUT2D eigenvalue weighted by molar-refractivity contribution is 0.884. The summed E-state index contributed by atoms with van der Waals surface area (Å²) in [5.41, 5.74) is 5.11. The van der Waals surface area contributed by atoms with Crippen LogP contribution in [0.15, 0.2) is 103 Å². The third-order valence-electron chi connectivity index (χ3n) is 5.75. The molecule has 0 atom stereocenters. The molecule has 0 aliphatic heterocycles. The van der Waals surface area contributed by atoms with Gasteiger partial charge in [-0.1, -0.05) is 72.8 Å². The van der Waals surface area contributed by atoms with E-state index < -0.39 is 0 Å². The molecule has 6 rings (SSSR count). The molecule has 2 heterocycles. The van der Waals surface area contributed by atoms with Gasteiger partial charge in [0.2, 0.25) is 0 Å². The molecular formula is C29H18N4S. The first-order chi connectivity index (χ1) is 16.8. The molecule has 2 aromatic heterocycles. The monoisotopic (exact) mass is 454 g/mol. The highest BCUT2D eigenvalue weighted by Crippen LogP contribution is 2.34. The Kier molecular flexibility index (Phi) is 4.99. The molecule has 6 aromatic rings. The van der Waals surface area contributed by atoms with Crippen LogP contribution in [0.25, 0.3) is 49.6 Å².